The van der Waals surface area contributed by atoms with Gasteiger partial charge in [-0.2, -0.15) is 0 Å². The molecule has 0 unspecified atom stereocenters. The predicted molar refractivity (Wildman–Crippen MR) is 109 cm³/mol. The largest absolute Gasteiger partial charge is 0.325 e. The number of nitrogens with one attached hydrogen (secondary N) is 1. The Morgan fingerprint density at radius 1 is 1.04 bits per heavy atom. The molecule has 0 aliphatic carbocycles. The van der Waals surface area contributed by atoms with E-state index in [-0.39, 0.29) is 17.3 Å². The van der Waals surface area contributed by atoms with Gasteiger partial charge in [0.15, 0.2) is 0 Å². The number of thioether (sulfide) groups is 1. The molecule has 0 saturated heterocycles. The van der Waals surface area contributed by atoms with Gasteiger partial charge in [0.05, 0.1) is 16.4 Å². The molecule has 1 aromatic heterocycles. The SMILES string of the molecule is CCc1ccc(NC(=O)CSc2ccc(-c3ccc([N+](=O)[O-])cc3)nn2)cc1. The van der Waals surface area contributed by atoms with Gasteiger partial charge in [-0.1, -0.05) is 30.8 Å². The van der Waals surface area contributed by atoms with E-state index in [1.807, 2.05) is 24.3 Å². The van der Waals surface area contributed by atoms with Crippen LogP contribution in [0.3, 0.4) is 0 Å². The van der Waals surface area contributed by atoms with Crippen LogP contribution in [0.1, 0.15) is 12.5 Å². The minimum absolute atomic E-state index is 0.0271. The minimum atomic E-state index is -0.446. The summed E-state index contributed by atoms with van der Waals surface area (Å²) in [7, 11) is 0. The number of hydrogen-bond donors (Lipinski definition) is 1. The maximum absolute atomic E-state index is 12.1. The van der Waals surface area contributed by atoms with Crippen LogP contribution in [-0.2, 0) is 11.2 Å². The van der Waals surface area contributed by atoms with Crippen LogP contribution in [0, 0.1) is 10.1 Å². The first kappa shape index (κ1) is 19.5. The highest BCUT2D eigenvalue weighted by atomic mass is 32.2. The summed E-state index contributed by atoms with van der Waals surface area (Å²) in [6, 6.07) is 17.4. The number of aromatic nitrogens is 2. The number of aryl methyl sites for hydroxylation is 1. The highest BCUT2D eigenvalue weighted by molar-refractivity contribution is 7.99. The lowest BCUT2D eigenvalue weighted by Gasteiger charge is -2.06. The average molecular weight is 394 g/mol. The molecule has 8 heteroatoms. The van der Waals surface area contributed by atoms with E-state index in [9.17, 15) is 14.9 Å². The van der Waals surface area contributed by atoms with Crippen LogP contribution in [0.25, 0.3) is 11.3 Å². The zero-order chi connectivity index (χ0) is 19.9. The summed E-state index contributed by atoms with van der Waals surface area (Å²) >= 11 is 1.29. The van der Waals surface area contributed by atoms with Crippen molar-refractivity contribution in [1.82, 2.24) is 10.2 Å². The standard InChI is InChI=1S/C20H18N4O3S/c1-2-14-3-7-16(8-4-14)21-19(25)13-28-20-12-11-18(22-23-20)15-5-9-17(10-6-15)24(26)27/h3-12H,2,13H2,1H3,(H,21,25). The molecule has 0 radical (unpaired) electrons. The summed E-state index contributed by atoms with van der Waals surface area (Å²) in [6.45, 7) is 2.08. The molecule has 0 fully saturated rings. The van der Waals surface area contributed by atoms with Crippen LogP contribution in [0.4, 0.5) is 11.4 Å². The third kappa shape index (κ3) is 5.14. The number of carbonyl (C=O) groups is 1. The summed E-state index contributed by atoms with van der Waals surface area (Å²) in [5, 5.41) is 22.4. The number of carbonyl (C=O) groups excluding carboxylic acids is 1. The van der Waals surface area contributed by atoms with Crippen molar-refractivity contribution in [3.05, 3.63) is 76.3 Å². The predicted octanol–water partition coefficient (Wildman–Crippen LogP) is 4.35. The van der Waals surface area contributed by atoms with Gasteiger partial charge in [-0.3, -0.25) is 14.9 Å². The van der Waals surface area contributed by atoms with Gasteiger partial charge in [-0.15, -0.1) is 10.2 Å². The number of nitrogens with zero attached hydrogens (tertiary/aromatic N) is 3. The van der Waals surface area contributed by atoms with Crippen molar-refractivity contribution >= 4 is 29.0 Å². The molecule has 0 saturated carbocycles. The van der Waals surface area contributed by atoms with E-state index in [2.05, 4.69) is 22.4 Å². The van der Waals surface area contributed by atoms with Crippen molar-refractivity contribution in [3.63, 3.8) is 0 Å². The van der Waals surface area contributed by atoms with Crippen LogP contribution in [0.15, 0.2) is 65.7 Å². The smallest absolute Gasteiger partial charge is 0.269 e. The van der Waals surface area contributed by atoms with Gasteiger partial charge in [-0.05, 0) is 48.4 Å². The summed E-state index contributed by atoms with van der Waals surface area (Å²) in [6.07, 6.45) is 0.957. The minimum Gasteiger partial charge on any atom is -0.325 e. The van der Waals surface area contributed by atoms with Crippen LogP contribution >= 0.6 is 11.8 Å². The fourth-order valence-electron chi connectivity index (χ4n) is 2.47. The summed E-state index contributed by atoms with van der Waals surface area (Å²) in [5.41, 5.74) is 3.36. The van der Waals surface area contributed by atoms with E-state index in [1.54, 1.807) is 24.3 Å². The zero-order valence-electron chi connectivity index (χ0n) is 15.2. The second-order valence-electron chi connectivity index (χ2n) is 5.95. The van der Waals surface area contributed by atoms with Gasteiger partial charge >= 0.3 is 0 Å². The lowest BCUT2D eigenvalue weighted by Crippen LogP contribution is -2.14. The molecule has 0 atom stereocenters. The van der Waals surface area contributed by atoms with Crippen molar-refractivity contribution in [2.45, 2.75) is 18.4 Å². The van der Waals surface area contributed by atoms with Gasteiger partial charge in [0.2, 0.25) is 5.91 Å². The fourth-order valence-corrected chi connectivity index (χ4v) is 3.08. The molecule has 0 bridgehead atoms. The Labute approximate surface area is 166 Å². The molecule has 1 N–H and O–H groups in total. The number of non-ortho nitro benzene ring substituents is 1. The third-order valence-corrected chi connectivity index (χ3v) is 4.93. The van der Waals surface area contributed by atoms with E-state index in [1.165, 1.54) is 29.5 Å². The number of amides is 1. The summed E-state index contributed by atoms with van der Waals surface area (Å²) in [4.78, 5) is 22.3. The van der Waals surface area contributed by atoms with E-state index in [0.29, 0.717) is 10.7 Å². The Morgan fingerprint density at radius 2 is 1.75 bits per heavy atom. The van der Waals surface area contributed by atoms with Crippen molar-refractivity contribution in [2.24, 2.45) is 0 Å². The monoisotopic (exact) mass is 394 g/mol. The van der Waals surface area contributed by atoms with Gasteiger partial charge in [-0.25, -0.2) is 0 Å². The second kappa shape index (κ2) is 9.09. The van der Waals surface area contributed by atoms with Crippen LogP contribution in [-0.4, -0.2) is 26.8 Å². The molecule has 1 amide bonds. The van der Waals surface area contributed by atoms with Crippen LogP contribution in [0.2, 0.25) is 0 Å². The Balaban J connectivity index is 1.54. The molecule has 142 valence electrons. The van der Waals surface area contributed by atoms with Crippen molar-refractivity contribution in [1.29, 1.82) is 0 Å². The van der Waals surface area contributed by atoms with E-state index < -0.39 is 4.92 Å². The Bertz CT molecular complexity index is 958. The zero-order valence-corrected chi connectivity index (χ0v) is 16.0. The van der Waals surface area contributed by atoms with Gasteiger partial charge in [0.25, 0.3) is 5.69 Å². The second-order valence-corrected chi connectivity index (χ2v) is 6.94. The molecule has 2 aromatic carbocycles. The maximum atomic E-state index is 12.1. The van der Waals surface area contributed by atoms with Gasteiger partial charge < -0.3 is 5.32 Å². The Kier molecular flexibility index (Phi) is 6.33. The lowest BCUT2D eigenvalue weighted by molar-refractivity contribution is -0.384. The fraction of sp³-hybridized carbons (Fsp3) is 0.150. The van der Waals surface area contributed by atoms with E-state index in [0.717, 1.165) is 17.7 Å². The topological polar surface area (TPSA) is 98.0 Å². The molecule has 28 heavy (non-hydrogen) atoms. The number of rotatable bonds is 7. The Hall–Kier alpha value is -3.26. The lowest BCUT2D eigenvalue weighted by atomic mass is 10.1. The molecule has 0 aliphatic heterocycles. The quantitative estimate of drug-likeness (QED) is 0.363. The number of nitro groups is 1. The first-order valence-corrected chi connectivity index (χ1v) is 9.64. The third-order valence-electron chi connectivity index (χ3n) is 4.01. The van der Waals surface area contributed by atoms with Crippen molar-refractivity contribution < 1.29 is 9.72 Å². The first-order valence-electron chi connectivity index (χ1n) is 8.65. The highest BCUT2D eigenvalue weighted by Crippen LogP contribution is 2.22. The van der Waals surface area contributed by atoms with Crippen LogP contribution in [0.5, 0.6) is 0 Å². The number of hydrogen-bond acceptors (Lipinski definition) is 6. The molecule has 0 spiro atoms. The average Bonchev–Trinajstić information content (AvgIpc) is 2.73. The molecule has 0 aliphatic rings. The molecular weight excluding hydrogens is 376 g/mol. The summed E-state index contributed by atoms with van der Waals surface area (Å²) in [5.74, 6) is 0.108. The van der Waals surface area contributed by atoms with Gasteiger partial charge in [0, 0.05) is 23.4 Å². The van der Waals surface area contributed by atoms with Crippen molar-refractivity contribution in [2.75, 3.05) is 11.1 Å². The number of anilines is 1. The molecular formula is C20H18N4O3S. The summed E-state index contributed by atoms with van der Waals surface area (Å²) < 4.78 is 0. The number of nitro benzene ring substituents is 1. The highest BCUT2D eigenvalue weighted by Gasteiger charge is 2.08. The Morgan fingerprint density at radius 3 is 2.32 bits per heavy atom. The molecule has 7 nitrogen and oxygen atoms in total. The van der Waals surface area contributed by atoms with Gasteiger partial charge in [0.1, 0.15) is 5.03 Å². The molecule has 1 heterocycles. The van der Waals surface area contributed by atoms with Crippen LogP contribution < -0.4 is 5.32 Å². The normalized spacial score (nSPS) is 10.5. The molecule has 3 aromatic rings. The maximum Gasteiger partial charge on any atom is 0.269 e. The first-order chi connectivity index (χ1) is 13.5. The van der Waals surface area contributed by atoms with E-state index in [4.69, 9.17) is 0 Å². The molecule has 3 rings (SSSR count). The van der Waals surface area contributed by atoms with Crippen molar-refractivity contribution in [3.8, 4) is 11.3 Å². The van der Waals surface area contributed by atoms with E-state index >= 15 is 0 Å². The number of benzene rings is 2.